The van der Waals surface area contributed by atoms with E-state index >= 15 is 0 Å². The van der Waals surface area contributed by atoms with Crippen LogP contribution in [0.1, 0.15) is 17.0 Å². The molecule has 0 radical (unpaired) electrons. The van der Waals surface area contributed by atoms with Crippen LogP contribution in [0.5, 0.6) is 5.88 Å². The highest BCUT2D eigenvalue weighted by Gasteiger charge is 2.21. The monoisotopic (exact) mass is 345 g/mol. The van der Waals surface area contributed by atoms with E-state index in [1.165, 1.54) is 0 Å². The first-order valence-corrected chi connectivity index (χ1v) is 8.30. The predicted molar refractivity (Wildman–Crippen MR) is 91.1 cm³/mol. The largest absolute Gasteiger partial charge is 0.481 e. The Morgan fingerprint density at radius 3 is 2.80 bits per heavy atom. The van der Waals surface area contributed by atoms with Crippen LogP contribution in [-0.2, 0) is 13.1 Å². The molecule has 0 atom stereocenters. The second-order valence-corrected chi connectivity index (χ2v) is 6.06. The zero-order chi connectivity index (χ0) is 17.6. The molecule has 1 saturated heterocycles. The minimum absolute atomic E-state index is 0.0484. The zero-order valence-corrected chi connectivity index (χ0v) is 14.6. The average Bonchev–Trinajstić information content (AvgIpc) is 3.05. The third-order valence-corrected chi connectivity index (χ3v) is 4.17. The molecule has 0 aliphatic carbocycles. The quantitative estimate of drug-likeness (QED) is 0.882. The Bertz CT molecular complexity index is 710. The Labute approximate surface area is 146 Å². The van der Waals surface area contributed by atoms with E-state index in [9.17, 15) is 4.79 Å². The van der Waals surface area contributed by atoms with Gasteiger partial charge < -0.3 is 19.5 Å². The van der Waals surface area contributed by atoms with Crippen LogP contribution in [0.3, 0.4) is 0 Å². The number of methoxy groups -OCH3 is 1. The molecule has 2 aromatic rings. The Morgan fingerprint density at radius 1 is 1.32 bits per heavy atom. The van der Waals surface area contributed by atoms with Gasteiger partial charge in [-0.3, -0.25) is 4.90 Å². The predicted octanol–water partition coefficient (Wildman–Crippen LogP) is 1.41. The number of aromatic nitrogens is 2. The van der Waals surface area contributed by atoms with Crippen LogP contribution in [0.4, 0.5) is 4.79 Å². The maximum atomic E-state index is 12.3. The number of hydrogen-bond donors (Lipinski definition) is 1. The molecule has 8 nitrogen and oxygen atoms in total. The van der Waals surface area contributed by atoms with Crippen molar-refractivity contribution in [3.8, 4) is 5.88 Å². The molecule has 0 aromatic carbocycles. The summed E-state index contributed by atoms with van der Waals surface area (Å²) in [5.41, 5.74) is 1.89. The van der Waals surface area contributed by atoms with Crippen LogP contribution in [0, 0.1) is 6.92 Å². The number of nitrogens with zero attached hydrogens (tertiary/aromatic N) is 4. The number of pyridine rings is 1. The third-order valence-electron chi connectivity index (χ3n) is 4.17. The van der Waals surface area contributed by atoms with Crippen molar-refractivity contribution in [3.05, 3.63) is 41.4 Å². The molecule has 1 aliphatic rings. The molecule has 2 amide bonds. The number of aryl methyl sites for hydroxylation is 1. The van der Waals surface area contributed by atoms with Gasteiger partial charge in [-0.25, -0.2) is 9.78 Å². The van der Waals surface area contributed by atoms with Crippen LogP contribution in [0.15, 0.2) is 28.9 Å². The number of amides is 2. The van der Waals surface area contributed by atoms with Gasteiger partial charge in [-0.15, -0.1) is 0 Å². The lowest BCUT2D eigenvalue weighted by atomic mass is 10.2. The minimum Gasteiger partial charge on any atom is -0.481 e. The highest BCUT2D eigenvalue weighted by molar-refractivity contribution is 5.74. The Morgan fingerprint density at radius 2 is 2.12 bits per heavy atom. The van der Waals surface area contributed by atoms with E-state index in [4.69, 9.17) is 9.26 Å². The van der Waals surface area contributed by atoms with Gasteiger partial charge in [-0.05, 0) is 18.6 Å². The summed E-state index contributed by atoms with van der Waals surface area (Å²) in [6, 6.07) is 5.58. The lowest BCUT2D eigenvalue weighted by Crippen LogP contribution is -2.51. The number of rotatable bonds is 5. The third kappa shape index (κ3) is 4.69. The second-order valence-electron chi connectivity index (χ2n) is 6.06. The lowest BCUT2D eigenvalue weighted by molar-refractivity contribution is 0.133. The van der Waals surface area contributed by atoms with Gasteiger partial charge in [0.2, 0.25) is 5.88 Å². The molecule has 134 valence electrons. The number of urea groups is 1. The molecular formula is C17H23N5O3. The molecule has 8 heteroatoms. The number of ether oxygens (including phenoxy) is 1. The molecule has 25 heavy (non-hydrogen) atoms. The van der Waals surface area contributed by atoms with Gasteiger partial charge in [0.15, 0.2) is 0 Å². The normalized spacial score (nSPS) is 15.2. The summed E-state index contributed by atoms with van der Waals surface area (Å²) < 4.78 is 10.2. The van der Waals surface area contributed by atoms with Crippen molar-refractivity contribution in [1.82, 2.24) is 25.3 Å². The molecule has 0 unspecified atom stereocenters. The Kier molecular flexibility index (Phi) is 5.49. The Balaban J connectivity index is 1.43. The van der Waals surface area contributed by atoms with Gasteiger partial charge in [-0.1, -0.05) is 5.16 Å². The van der Waals surface area contributed by atoms with Crippen molar-refractivity contribution in [2.75, 3.05) is 33.3 Å². The standard InChI is InChI=1S/C17H23N5O3/c1-13-9-15(20-25-13)12-21-5-7-22(8-6-21)17(23)19-11-14-3-4-18-16(10-14)24-2/h3-4,9-10H,5-8,11-12H2,1-2H3,(H,19,23). The summed E-state index contributed by atoms with van der Waals surface area (Å²) in [5, 5.41) is 6.96. The van der Waals surface area contributed by atoms with Crippen molar-refractivity contribution in [2.24, 2.45) is 0 Å². The van der Waals surface area contributed by atoms with Crippen LogP contribution >= 0.6 is 0 Å². The fraction of sp³-hybridized carbons (Fsp3) is 0.471. The highest BCUT2D eigenvalue weighted by Crippen LogP contribution is 2.10. The van der Waals surface area contributed by atoms with Crippen LogP contribution < -0.4 is 10.1 Å². The van der Waals surface area contributed by atoms with Gasteiger partial charge in [0, 0.05) is 57.6 Å². The van der Waals surface area contributed by atoms with Crippen LogP contribution in [-0.4, -0.2) is 59.3 Å². The number of piperazine rings is 1. The molecule has 1 fully saturated rings. The molecule has 0 saturated carbocycles. The smallest absolute Gasteiger partial charge is 0.317 e. The SMILES string of the molecule is COc1cc(CNC(=O)N2CCN(Cc3cc(C)on3)CC2)ccn1. The summed E-state index contributed by atoms with van der Waals surface area (Å²) in [4.78, 5) is 20.5. The highest BCUT2D eigenvalue weighted by atomic mass is 16.5. The van der Waals surface area contributed by atoms with Crippen molar-refractivity contribution < 1.29 is 14.1 Å². The second kappa shape index (κ2) is 7.98. The van der Waals surface area contributed by atoms with Crippen LogP contribution in [0.25, 0.3) is 0 Å². The summed E-state index contributed by atoms with van der Waals surface area (Å²) in [6.07, 6.45) is 1.67. The number of hydrogen-bond acceptors (Lipinski definition) is 6. The van der Waals surface area contributed by atoms with E-state index in [1.807, 2.05) is 30.0 Å². The van der Waals surface area contributed by atoms with Gasteiger partial charge in [0.25, 0.3) is 0 Å². The van der Waals surface area contributed by atoms with Gasteiger partial charge in [-0.2, -0.15) is 0 Å². The zero-order valence-electron chi connectivity index (χ0n) is 14.6. The maximum absolute atomic E-state index is 12.3. The first-order valence-electron chi connectivity index (χ1n) is 8.30. The number of carbonyl (C=O) groups excluding carboxylic acids is 1. The topological polar surface area (TPSA) is 83.7 Å². The number of nitrogens with one attached hydrogen (secondary N) is 1. The van der Waals surface area contributed by atoms with E-state index in [0.29, 0.717) is 25.5 Å². The van der Waals surface area contributed by atoms with Crippen molar-refractivity contribution in [2.45, 2.75) is 20.0 Å². The summed E-state index contributed by atoms with van der Waals surface area (Å²) >= 11 is 0. The average molecular weight is 345 g/mol. The fourth-order valence-electron chi connectivity index (χ4n) is 2.79. The van der Waals surface area contributed by atoms with Crippen molar-refractivity contribution in [1.29, 1.82) is 0 Å². The molecule has 0 bridgehead atoms. The molecule has 0 spiro atoms. The van der Waals surface area contributed by atoms with Crippen molar-refractivity contribution >= 4 is 6.03 Å². The van der Waals surface area contributed by atoms with E-state index in [2.05, 4.69) is 20.4 Å². The molecule has 3 heterocycles. The van der Waals surface area contributed by atoms with E-state index in [1.54, 1.807) is 13.3 Å². The van der Waals surface area contributed by atoms with Gasteiger partial charge in [0.1, 0.15) is 5.76 Å². The molecule has 1 aliphatic heterocycles. The fourth-order valence-corrected chi connectivity index (χ4v) is 2.79. The number of carbonyl (C=O) groups is 1. The van der Waals surface area contributed by atoms with Crippen molar-refractivity contribution in [3.63, 3.8) is 0 Å². The van der Waals surface area contributed by atoms with E-state index < -0.39 is 0 Å². The maximum Gasteiger partial charge on any atom is 0.317 e. The Hall–Kier alpha value is -2.61. The van der Waals surface area contributed by atoms with Crippen LogP contribution in [0.2, 0.25) is 0 Å². The first-order chi connectivity index (χ1) is 12.1. The summed E-state index contributed by atoms with van der Waals surface area (Å²) in [5.74, 6) is 1.37. The minimum atomic E-state index is -0.0484. The first kappa shape index (κ1) is 17.2. The van der Waals surface area contributed by atoms with E-state index in [-0.39, 0.29) is 6.03 Å². The molecular weight excluding hydrogens is 322 g/mol. The van der Waals surface area contributed by atoms with E-state index in [0.717, 1.165) is 36.7 Å². The van der Waals surface area contributed by atoms with Gasteiger partial charge >= 0.3 is 6.03 Å². The summed E-state index contributed by atoms with van der Waals surface area (Å²) in [6.45, 7) is 6.13. The lowest BCUT2D eigenvalue weighted by Gasteiger charge is -2.34. The molecule has 3 rings (SSSR count). The summed E-state index contributed by atoms with van der Waals surface area (Å²) in [7, 11) is 1.57. The van der Waals surface area contributed by atoms with Gasteiger partial charge in [0.05, 0.1) is 12.8 Å². The molecule has 2 aromatic heterocycles. The molecule has 1 N–H and O–H groups in total.